The van der Waals surface area contributed by atoms with Crippen LogP contribution in [0.15, 0.2) is 24.3 Å². The summed E-state index contributed by atoms with van der Waals surface area (Å²) >= 11 is 0. The lowest BCUT2D eigenvalue weighted by Gasteiger charge is -2.37. The van der Waals surface area contributed by atoms with Gasteiger partial charge in [0.2, 0.25) is 0 Å². The van der Waals surface area contributed by atoms with Gasteiger partial charge in [-0.15, -0.1) is 0 Å². The molecule has 0 aromatic heterocycles. The van der Waals surface area contributed by atoms with Gasteiger partial charge in [0, 0.05) is 6.04 Å². The van der Waals surface area contributed by atoms with E-state index in [4.69, 9.17) is 10.5 Å². The van der Waals surface area contributed by atoms with Crippen LogP contribution in [0.2, 0.25) is 0 Å². The van der Waals surface area contributed by atoms with E-state index >= 15 is 0 Å². The van der Waals surface area contributed by atoms with Crippen LogP contribution in [0.3, 0.4) is 0 Å². The molecule has 1 saturated carbocycles. The van der Waals surface area contributed by atoms with Crippen LogP contribution in [0.5, 0.6) is 0 Å². The number of rotatable bonds is 5. The molecule has 1 aromatic rings. The molecular formula is C18H28FNO. The number of hydrogen-bond donors (Lipinski definition) is 1. The summed E-state index contributed by atoms with van der Waals surface area (Å²) in [6.45, 7) is 6.67. The van der Waals surface area contributed by atoms with Crippen molar-refractivity contribution < 1.29 is 9.13 Å². The smallest absolute Gasteiger partial charge is 0.123 e. The van der Waals surface area contributed by atoms with Crippen molar-refractivity contribution in [1.82, 2.24) is 0 Å². The van der Waals surface area contributed by atoms with Gasteiger partial charge in [-0.05, 0) is 55.2 Å². The van der Waals surface area contributed by atoms with E-state index in [1.165, 1.54) is 18.9 Å². The number of hydrogen-bond acceptors (Lipinski definition) is 2. The Morgan fingerprint density at radius 1 is 1.33 bits per heavy atom. The second-order valence-corrected chi connectivity index (χ2v) is 7.05. The molecule has 3 heteroatoms. The molecule has 2 unspecified atom stereocenters. The number of nitrogens with two attached hydrogens (primary N) is 1. The molecule has 0 bridgehead atoms. The average Bonchev–Trinajstić information content (AvgIpc) is 2.45. The van der Waals surface area contributed by atoms with Crippen molar-refractivity contribution in [2.45, 2.75) is 71.1 Å². The first kappa shape index (κ1) is 16.4. The monoisotopic (exact) mass is 293 g/mol. The average molecular weight is 293 g/mol. The molecule has 2 nitrogen and oxygen atoms in total. The summed E-state index contributed by atoms with van der Waals surface area (Å²) < 4.78 is 19.8. The minimum absolute atomic E-state index is 0.0956. The highest BCUT2D eigenvalue weighted by atomic mass is 19.1. The van der Waals surface area contributed by atoms with Gasteiger partial charge in [0.05, 0.1) is 12.2 Å². The number of benzene rings is 1. The van der Waals surface area contributed by atoms with E-state index in [0.29, 0.717) is 5.41 Å². The van der Waals surface area contributed by atoms with Gasteiger partial charge in [0.15, 0.2) is 0 Å². The Labute approximate surface area is 127 Å². The standard InChI is InChI=1S/C18H28FNO/c1-4-16(20)17(13-6-5-7-14(19)12-13)21-15-8-10-18(2,3)11-9-15/h5-7,12,15-17H,4,8-11,20H2,1-3H3. The zero-order valence-corrected chi connectivity index (χ0v) is 13.4. The lowest BCUT2D eigenvalue weighted by atomic mass is 9.76. The largest absolute Gasteiger partial charge is 0.369 e. The predicted molar refractivity (Wildman–Crippen MR) is 84.5 cm³/mol. The summed E-state index contributed by atoms with van der Waals surface area (Å²) in [5.41, 5.74) is 7.50. The van der Waals surface area contributed by atoms with Crippen LogP contribution in [-0.2, 0) is 4.74 Å². The van der Waals surface area contributed by atoms with Gasteiger partial charge in [-0.25, -0.2) is 4.39 Å². The fraction of sp³-hybridized carbons (Fsp3) is 0.667. The Kier molecular flexibility index (Phi) is 5.39. The molecule has 1 fully saturated rings. The summed E-state index contributed by atoms with van der Waals surface area (Å²) in [4.78, 5) is 0. The van der Waals surface area contributed by atoms with E-state index < -0.39 is 0 Å². The van der Waals surface area contributed by atoms with Gasteiger partial charge in [0.25, 0.3) is 0 Å². The Hall–Kier alpha value is -0.930. The van der Waals surface area contributed by atoms with Crippen LogP contribution in [0.4, 0.5) is 4.39 Å². The zero-order valence-electron chi connectivity index (χ0n) is 13.4. The van der Waals surface area contributed by atoms with E-state index in [0.717, 1.165) is 24.8 Å². The highest BCUT2D eigenvalue weighted by Crippen LogP contribution is 2.38. The maximum Gasteiger partial charge on any atom is 0.123 e. The lowest BCUT2D eigenvalue weighted by molar-refractivity contribution is -0.0575. The minimum atomic E-state index is -0.228. The fourth-order valence-electron chi connectivity index (χ4n) is 3.04. The molecule has 2 atom stereocenters. The summed E-state index contributed by atoms with van der Waals surface area (Å²) in [6.07, 6.45) is 5.33. The van der Waals surface area contributed by atoms with Crippen molar-refractivity contribution in [2.75, 3.05) is 0 Å². The maximum absolute atomic E-state index is 13.5. The fourth-order valence-corrected chi connectivity index (χ4v) is 3.04. The van der Waals surface area contributed by atoms with Gasteiger partial charge < -0.3 is 10.5 Å². The van der Waals surface area contributed by atoms with Crippen LogP contribution in [-0.4, -0.2) is 12.1 Å². The molecule has 0 spiro atoms. The van der Waals surface area contributed by atoms with Crippen molar-refractivity contribution >= 4 is 0 Å². The number of halogens is 1. The first-order valence-corrected chi connectivity index (χ1v) is 8.08. The molecule has 0 amide bonds. The van der Waals surface area contributed by atoms with Crippen molar-refractivity contribution in [3.05, 3.63) is 35.6 Å². The third-order valence-electron chi connectivity index (χ3n) is 4.66. The van der Waals surface area contributed by atoms with Crippen molar-refractivity contribution in [3.8, 4) is 0 Å². The normalized spacial score (nSPS) is 22.0. The van der Waals surface area contributed by atoms with Crippen LogP contribution in [0, 0.1) is 11.2 Å². The molecule has 2 rings (SSSR count). The van der Waals surface area contributed by atoms with Crippen molar-refractivity contribution in [1.29, 1.82) is 0 Å². The second-order valence-electron chi connectivity index (χ2n) is 7.05. The highest BCUT2D eigenvalue weighted by molar-refractivity contribution is 5.20. The minimum Gasteiger partial charge on any atom is -0.369 e. The van der Waals surface area contributed by atoms with Crippen LogP contribution >= 0.6 is 0 Å². The van der Waals surface area contributed by atoms with E-state index in [9.17, 15) is 4.39 Å². The molecule has 0 aliphatic heterocycles. The molecule has 1 aliphatic rings. The first-order valence-electron chi connectivity index (χ1n) is 8.08. The van der Waals surface area contributed by atoms with Gasteiger partial charge in [-0.1, -0.05) is 32.9 Å². The molecule has 1 aliphatic carbocycles. The summed E-state index contributed by atoms with van der Waals surface area (Å²) in [5, 5.41) is 0. The Morgan fingerprint density at radius 2 is 2.00 bits per heavy atom. The molecule has 2 N–H and O–H groups in total. The highest BCUT2D eigenvalue weighted by Gasteiger charge is 2.30. The van der Waals surface area contributed by atoms with Crippen LogP contribution < -0.4 is 5.73 Å². The second kappa shape index (κ2) is 6.89. The van der Waals surface area contributed by atoms with E-state index in [2.05, 4.69) is 13.8 Å². The Balaban J connectivity index is 2.07. The summed E-state index contributed by atoms with van der Waals surface area (Å²) in [6, 6.07) is 6.55. The molecule has 21 heavy (non-hydrogen) atoms. The van der Waals surface area contributed by atoms with Gasteiger partial charge in [0.1, 0.15) is 5.82 Å². The molecular weight excluding hydrogens is 265 g/mol. The SMILES string of the molecule is CCC(N)C(OC1CCC(C)(C)CC1)c1cccc(F)c1. The van der Waals surface area contributed by atoms with Gasteiger partial charge in [-0.3, -0.25) is 0 Å². The van der Waals surface area contributed by atoms with Crippen molar-refractivity contribution in [3.63, 3.8) is 0 Å². The van der Waals surface area contributed by atoms with E-state index in [-0.39, 0.29) is 24.1 Å². The molecule has 118 valence electrons. The van der Waals surface area contributed by atoms with Gasteiger partial charge >= 0.3 is 0 Å². The molecule has 0 radical (unpaired) electrons. The maximum atomic E-state index is 13.5. The molecule has 0 saturated heterocycles. The van der Waals surface area contributed by atoms with E-state index in [1.807, 2.05) is 13.0 Å². The predicted octanol–water partition coefficient (Wildman–Crippen LogP) is 4.59. The zero-order chi connectivity index (χ0) is 15.5. The van der Waals surface area contributed by atoms with Crippen molar-refractivity contribution in [2.24, 2.45) is 11.1 Å². The lowest BCUT2D eigenvalue weighted by Crippen LogP contribution is -2.35. The third-order valence-corrected chi connectivity index (χ3v) is 4.66. The Bertz CT molecular complexity index is 450. The topological polar surface area (TPSA) is 35.2 Å². The quantitative estimate of drug-likeness (QED) is 0.861. The number of ether oxygens (including phenoxy) is 1. The summed E-state index contributed by atoms with van der Waals surface area (Å²) in [7, 11) is 0. The molecule has 1 aromatic carbocycles. The molecule has 0 heterocycles. The van der Waals surface area contributed by atoms with E-state index in [1.54, 1.807) is 12.1 Å². The van der Waals surface area contributed by atoms with Crippen LogP contribution in [0.25, 0.3) is 0 Å². The summed E-state index contributed by atoms with van der Waals surface area (Å²) in [5.74, 6) is -0.228. The third kappa shape index (κ3) is 4.52. The van der Waals surface area contributed by atoms with Gasteiger partial charge in [-0.2, -0.15) is 0 Å². The van der Waals surface area contributed by atoms with Crippen LogP contribution in [0.1, 0.15) is 64.5 Å². The Morgan fingerprint density at radius 3 is 2.57 bits per heavy atom. The first-order chi connectivity index (χ1) is 9.91.